The molecule has 1 saturated heterocycles. The number of hydrogen-bond donors (Lipinski definition) is 0. The highest BCUT2D eigenvalue weighted by Gasteiger charge is 2.32. The van der Waals surface area contributed by atoms with E-state index in [1.807, 2.05) is 41.7 Å². The average molecular weight is 459 g/mol. The lowest BCUT2D eigenvalue weighted by Crippen LogP contribution is -2.20. The van der Waals surface area contributed by atoms with Gasteiger partial charge in [0, 0.05) is 5.03 Å². The molecule has 5 heteroatoms. The highest BCUT2D eigenvalue weighted by Crippen LogP contribution is 2.51. The maximum Gasteiger partial charge on any atom is 0.337 e. The first kappa shape index (κ1) is 23.1. The highest BCUT2D eigenvalue weighted by atomic mass is 35.5. The van der Waals surface area contributed by atoms with Crippen molar-refractivity contribution in [3.8, 4) is 0 Å². The van der Waals surface area contributed by atoms with Crippen LogP contribution in [0.15, 0.2) is 66.8 Å². The van der Waals surface area contributed by atoms with E-state index in [0.717, 1.165) is 29.9 Å². The zero-order valence-corrected chi connectivity index (χ0v) is 19.8. The lowest BCUT2D eigenvalue weighted by molar-refractivity contribution is 0.0600. The number of rotatable bonds is 7. The molecule has 0 amide bonds. The first-order valence-corrected chi connectivity index (χ1v) is 12.5. The first-order valence-electron chi connectivity index (χ1n) is 10.2. The van der Waals surface area contributed by atoms with Crippen molar-refractivity contribution in [1.82, 2.24) is 0 Å². The number of esters is 1. The fourth-order valence-corrected chi connectivity index (χ4v) is 6.69. The van der Waals surface area contributed by atoms with Crippen LogP contribution in [0.2, 0.25) is 0 Å². The highest BCUT2D eigenvalue weighted by molar-refractivity contribution is 8.18. The summed E-state index contributed by atoms with van der Waals surface area (Å²) in [5.41, 5.74) is 4.11. The van der Waals surface area contributed by atoms with Crippen molar-refractivity contribution >= 4 is 46.1 Å². The van der Waals surface area contributed by atoms with E-state index in [2.05, 4.69) is 43.3 Å². The fraction of sp³-hybridized carbons (Fsp3) is 0.320. The number of thioether (sulfide) groups is 2. The van der Waals surface area contributed by atoms with Crippen molar-refractivity contribution in [2.75, 3.05) is 18.6 Å². The summed E-state index contributed by atoms with van der Waals surface area (Å²) in [6.07, 6.45) is 9.78. The Labute approximate surface area is 193 Å². The monoisotopic (exact) mass is 458 g/mol. The van der Waals surface area contributed by atoms with Crippen LogP contribution in [0.25, 0.3) is 5.03 Å². The van der Waals surface area contributed by atoms with Crippen molar-refractivity contribution < 1.29 is 9.53 Å². The molecule has 0 bridgehead atoms. The van der Waals surface area contributed by atoms with E-state index < -0.39 is 0 Å². The molecule has 158 valence electrons. The van der Waals surface area contributed by atoms with Gasteiger partial charge in [-0.15, -0.1) is 23.5 Å². The van der Waals surface area contributed by atoms with Crippen LogP contribution in [0.1, 0.15) is 46.8 Å². The van der Waals surface area contributed by atoms with Crippen molar-refractivity contribution in [3.63, 3.8) is 0 Å². The van der Waals surface area contributed by atoms with Gasteiger partial charge in [0.25, 0.3) is 0 Å². The smallest absolute Gasteiger partial charge is 0.337 e. The molecule has 2 aromatic rings. The van der Waals surface area contributed by atoms with E-state index in [-0.39, 0.29) is 10.0 Å². The Kier molecular flexibility index (Phi) is 8.55. The van der Waals surface area contributed by atoms with Crippen LogP contribution in [0.4, 0.5) is 0 Å². The topological polar surface area (TPSA) is 26.3 Å². The van der Waals surface area contributed by atoms with E-state index in [9.17, 15) is 4.79 Å². The predicted molar refractivity (Wildman–Crippen MR) is 132 cm³/mol. The number of ether oxygens (including phenoxy) is 1. The van der Waals surface area contributed by atoms with Gasteiger partial charge in [0.2, 0.25) is 0 Å². The first-order chi connectivity index (χ1) is 14.6. The third-order valence-electron chi connectivity index (χ3n) is 4.96. The molecule has 0 N–H and O–H groups in total. The Bertz CT molecular complexity index is 896. The molecule has 1 fully saturated rings. The minimum Gasteiger partial charge on any atom is -0.465 e. The molecule has 30 heavy (non-hydrogen) atoms. The third-order valence-corrected chi connectivity index (χ3v) is 8.59. The van der Waals surface area contributed by atoms with Gasteiger partial charge in [0.05, 0.1) is 12.7 Å². The van der Waals surface area contributed by atoms with Gasteiger partial charge < -0.3 is 4.74 Å². The van der Waals surface area contributed by atoms with Crippen LogP contribution >= 0.6 is 35.1 Å². The van der Waals surface area contributed by atoms with E-state index in [1.165, 1.54) is 24.7 Å². The summed E-state index contributed by atoms with van der Waals surface area (Å²) < 4.78 is 4.66. The van der Waals surface area contributed by atoms with Gasteiger partial charge in [-0.05, 0) is 59.2 Å². The summed E-state index contributed by atoms with van der Waals surface area (Å²) in [4.78, 5) is 11.6. The zero-order chi connectivity index (χ0) is 21.4. The maximum atomic E-state index is 11.6. The van der Waals surface area contributed by atoms with Gasteiger partial charge in [-0.2, -0.15) is 0 Å². The van der Waals surface area contributed by atoms with Crippen LogP contribution in [-0.2, 0) is 15.2 Å². The van der Waals surface area contributed by atoms with Gasteiger partial charge in [-0.3, -0.25) is 0 Å². The molecule has 2 nitrogen and oxygen atoms in total. The number of allylic oxidation sites excluding steroid dienone is 2. The normalized spacial score (nSPS) is 16.6. The second-order valence-corrected chi connectivity index (χ2v) is 10.5. The molecule has 3 rings (SSSR count). The van der Waals surface area contributed by atoms with Crippen molar-refractivity contribution in [3.05, 3.63) is 89.0 Å². The Morgan fingerprint density at radius 3 is 2.30 bits per heavy atom. The standard InChI is InChI=1S/C25H27ClO2S2/c1-3-6-19-8-14-22(15-9-19)25(29-17-5-18-30-25)16-4-7-23(26)20-10-12-21(13-11-20)24(27)28-2/h4,7-16H,3,5-6,17-18H2,1-2H3/b16-4+,23-7-. The number of benzene rings is 2. The summed E-state index contributed by atoms with van der Waals surface area (Å²) >= 11 is 10.5. The van der Waals surface area contributed by atoms with Gasteiger partial charge in [0.15, 0.2) is 0 Å². The van der Waals surface area contributed by atoms with Crippen molar-refractivity contribution in [1.29, 1.82) is 0 Å². The van der Waals surface area contributed by atoms with E-state index in [0.29, 0.717) is 10.6 Å². The van der Waals surface area contributed by atoms with Gasteiger partial charge in [-0.1, -0.05) is 73.5 Å². The second kappa shape index (κ2) is 11.1. The Balaban J connectivity index is 1.79. The molecule has 0 aliphatic carbocycles. The largest absolute Gasteiger partial charge is 0.465 e. The summed E-state index contributed by atoms with van der Waals surface area (Å²) in [7, 11) is 1.38. The van der Waals surface area contributed by atoms with Gasteiger partial charge in [0.1, 0.15) is 4.08 Å². The average Bonchev–Trinajstić information content (AvgIpc) is 2.80. The van der Waals surface area contributed by atoms with Gasteiger partial charge >= 0.3 is 5.97 Å². The summed E-state index contributed by atoms with van der Waals surface area (Å²) in [5, 5.41) is 0.641. The molecular formula is C25H27ClO2S2. The molecule has 1 aliphatic heterocycles. The summed E-state index contributed by atoms with van der Waals surface area (Å²) in [5.74, 6) is 1.96. The molecule has 0 unspecified atom stereocenters. The van der Waals surface area contributed by atoms with Gasteiger partial charge in [-0.25, -0.2) is 4.79 Å². The lowest BCUT2D eigenvalue weighted by Gasteiger charge is -2.34. The Morgan fingerprint density at radius 1 is 1.07 bits per heavy atom. The number of carbonyl (C=O) groups excluding carboxylic acids is 1. The van der Waals surface area contributed by atoms with Crippen LogP contribution in [-0.4, -0.2) is 24.6 Å². The van der Waals surface area contributed by atoms with Crippen LogP contribution in [0.5, 0.6) is 0 Å². The molecule has 0 spiro atoms. The summed E-state index contributed by atoms with van der Waals surface area (Å²) in [6, 6.07) is 16.2. The molecule has 1 aliphatic rings. The number of carbonyl (C=O) groups is 1. The minimum atomic E-state index is -0.347. The number of aryl methyl sites for hydroxylation is 1. The van der Waals surface area contributed by atoms with E-state index >= 15 is 0 Å². The third kappa shape index (κ3) is 5.75. The Hall–Kier alpha value is -1.62. The van der Waals surface area contributed by atoms with Crippen molar-refractivity contribution in [2.24, 2.45) is 0 Å². The van der Waals surface area contributed by atoms with Crippen LogP contribution < -0.4 is 0 Å². The van der Waals surface area contributed by atoms with Crippen molar-refractivity contribution in [2.45, 2.75) is 30.3 Å². The van der Waals surface area contributed by atoms with E-state index in [1.54, 1.807) is 12.1 Å². The quantitative estimate of drug-likeness (QED) is 0.321. The summed E-state index contributed by atoms with van der Waals surface area (Å²) in [6.45, 7) is 2.21. The molecule has 1 heterocycles. The molecular weight excluding hydrogens is 432 g/mol. The zero-order valence-electron chi connectivity index (χ0n) is 17.4. The second-order valence-electron chi connectivity index (χ2n) is 7.11. The maximum absolute atomic E-state index is 11.6. The molecule has 0 saturated carbocycles. The number of halogens is 1. The predicted octanol–water partition coefficient (Wildman–Crippen LogP) is 7.28. The molecule has 0 aromatic heterocycles. The number of methoxy groups -OCH3 is 1. The van der Waals surface area contributed by atoms with Crippen LogP contribution in [0.3, 0.4) is 0 Å². The minimum absolute atomic E-state index is 0.0780. The molecule has 0 radical (unpaired) electrons. The lowest BCUT2D eigenvalue weighted by atomic mass is 10.0. The molecule has 2 aromatic carbocycles. The Morgan fingerprint density at radius 2 is 1.70 bits per heavy atom. The van der Waals surface area contributed by atoms with Crippen LogP contribution in [0, 0.1) is 0 Å². The van der Waals surface area contributed by atoms with E-state index in [4.69, 9.17) is 16.3 Å². The number of hydrogen-bond acceptors (Lipinski definition) is 4. The fourth-order valence-electron chi connectivity index (χ4n) is 3.34. The SMILES string of the molecule is CCCc1ccc(C2(/C=C/C=C(\Cl)c3ccc(C(=O)OC)cc3)SCCCS2)cc1. The molecule has 0 atom stereocenters.